The van der Waals surface area contributed by atoms with Gasteiger partial charge in [0.25, 0.3) is 0 Å². The summed E-state index contributed by atoms with van der Waals surface area (Å²) in [4.78, 5) is 11.2. The molecule has 0 fully saturated rings. The second kappa shape index (κ2) is 7.90. The van der Waals surface area contributed by atoms with Gasteiger partial charge in [0.1, 0.15) is 5.75 Å². The predicted molar refractivity (Wildman–Crippen MR) is 80.1 cm³/mol. The van der Waals surface area contributed by atoms with Gasteiger partial charge in [0.2, 0.25) is 0 Å². The minimum Gasteiger partial charge on any atom is -0.479 e. The molecule has 0 aliphatic rings. The molecule has 0 bridgehead atoms. The van der Waals surface area contributed by atoms with Crippen LogP contribution in [0.3, 0.4) is 0 Å². The van der Waals surface area contributed by atoms with Gasteiger partial charge in [-0.1, -0.05) is 45.4 Å². The van der Waals surface area contributed by atoms with Gasteiger partial charge in [-0.25, -0.2) is 4.79 Å². The van der Waals surface area contributed by atoms with Crippen molar-refractivity contribution in [3.8, 4) is 5.75 Å². The fourth-order valence-corrected chi connectivity index (χ4v) is 1.97. The third kappa shape index (κ3) is 4.85. The summed E-state index contributed by atoms with van der Waals surface area (Å²) in [7, 11) is 0. The average Bonchev–Trinajstić information content (AvgIpc) is 2.38. The molecule has 0 aliphatic heterocycles. The number of carboxylic acid groups (broad SMARTS) is 1. The Bertz CT molecular complexity index is 443. The van der Waals surface area contributed by atoms with Crippen LogP contribution in [0.2, 0.25) is 0 Å². The molecule has 0 spiro atoms. The normalized spacial score (nSPS) is 12.4. The Morgan fingerprint density at radius 3 is 2.65 bits per heavy atom. The van der Waals surface area contributed by atoms with E-state index in [9.17, 15) is 9.90 Å². The number of aryl methyl sites for hydroxylation is 1. The van der Waals surface area contributed by atoms with E-state index in [2.05, 4.69) is 19.2 Å². The molecule has 1 aromatic rings. The number of rotatable bonds is 8. The van der Waals surface area contributed by atoms with Crippen LogP contribution >= 0.6 is 0 Å². The van der Waals surface area contributed by atoms with E-state index in [4.69, 9.17) is 4.74 Å². The molecule has 1 atom stereocenters. The molecule has 4 nitrogen and oxygen atoms in total. The van der Waals surface area contributed by atoms with E-state index < -0.39 is 12.1 Å². The van der Waals surface area contributed by atoms with Crippen molar-refractivity contribution in [2.45, 2.75) is 59.2 Å². The van der Waals surface area contributed by atoms with Crippen LogP contribution in [0.25, 0.3) is 0 Å². The molecular weight excluding hydrogens is 254 g/mol. The van der Waals surface area contributed by atoms with E-state index in [1.807, 2.05) is 32.0 Å². The van der Waals surface area contributed by atoms with E-state index in [0.29, 0.717) is 24.8 Å². The molecular formula is C16H25NO3. The van der Waals surface area contributed by atoms with Crippen molar-refractivity contribution in [3.63, 3.8) is 0 Å². The van der Waals surface area contributed by atoms with Crippen LogP contribution < -0.4 is 10.1 Å². The topological polar surface area (TPSA) is 58.6 Å². The maximum absolute atomic E-state index is 11.2. The fraction of sp³-hybridized carbons (Fsp3) is 0.562. The first-order valence-corrected chi connectivity index (χ1v) is 7.17. The third-order valence-corrected chi connectivity index (χ3v) is 3.08. The zero-order valence-corrected chi connectivity index (χ0v) is 12.8. The molecule has 1 aromatic carbocycles. The number of aliphatic carboxylic acids is 1. The second-order valence-electron chi connectivity index (χ2n) is 5.33. The van der Waals surface area contributed by atoms with Crippen LogP contribution in [0.5, 0.6) is 5.75 Å². The lowest BCUT2D eigenvalue weighted by Crippen LogP contribution is -2.28. The van der Waals surface area contributed by atoms with Crippen molar-refractivity contribution in [1.29, 1.82) is 0 Å². The number of nitrogens with one attached hydrogen (secondary N) is 1. The van der Waals surface area contributed by atoms with Crippen LogP contribution in [-0.2, 0) is 11.3 Å². The Kier molecular flexibility index (Phi) is 6.52. The molecule has 0 amide bonds. The lowest BCUT2D eigenvalue weighted by Gasteiger charge is -2.20. The number of para-hydroxylation sites is 1. The van der Waals surface area contributed by atoms with Crippen LogP contribution in [0.1, 0.15) is 44.7 Å². The monoisotopic (exact) mass is 279 g/mol. The molecule has 112 valence electrons. The molecule has 0 saturated heterocycles. The van der Waals surface area contributed by atoms with Gasteiger partial charge in [-0.15, -0.1) is 0 Å². The standard InChI is InChI=1S/C16H25NO3/c1-5-7-14(16(18)19)20-15-12(4)8-6-9-13(15)10-17-11(2)3/h6,8-9,11,14,17H,5,7,10H2,1-4H3,(H,18,19). The van der Waals surface area contributed by atoms with Gasteiger partial charge in [-0.3, -0.25) is 0 Å². The van der Waals surface area contributed by atoms with Crippen molar-refractivity contribution in [2.24, 2.45) is 0 Å². The SMILES string of the molecule is CCCC(Oc1c(C)cccc1CNC(C)C)C(=O)O. The summed E-state index contributed by atoms with van der Waals surface area (Å²) in [5.74, 6) is -0.209. The number of hydrogen-bond donors (Lipinski definition) is 2. The summed E-state index contributed by atoms with van der Waals surface area (Å²) < 4.78 is 5.77. The molecule has 0 aliphatic carbocycles. The molecule has 0 radical (unpaired) electrons. The van der Waals surface area contributed by atoms with Crippen LogP contribution in [0, 0.1) is 6.92 Å². The molecule has 1 rings (SSSR count). The smallest absolute Gasteiger partial charge is 0.344 e. The highest BCUT2D eigenvalue weighted by atomic mass is 16.5. The number of benzene rings is 1. The Morgan fingerprint density at radius 1 is 1.40 bits per heavy atom. The van der Waals surface area contributed by atoms with Gasteiger partial charge in [0.15, 0.2) is 6.10 Å². The highest BCUT2D eigenvalue weighted by Crippen LogP contribution is 2.25. The lowest BCUT2D eigenvalue weighted by atomic mass is 10.1. The van der Waals surface area contributed by atoms with E-state index in [-0.39, 0.29) is 0 Å². The van der Waals surface area contributed by atoms with Gasteiger partial charge in [0.05, 0.1) is 0 Å². The quantitative estimate of drug-likeness (QED) is 0.767. The van der Waals surface area contributed by atoms with Gasteiger partial charge in [-0.05, 0) is 18.9 Å². The molecule has 0 heterocycles. The number of carboxylic acids is 1. The summed E-state index contributed by atoms with van der Waals surface area (Å²) in [6, 6.07) is 6.26. The lowest BCUT2D eigenvalue weighted by molar-refractivity contribution is -0.145. The second-order valence-corrected chi connectivity index (χ2v) is 5.33. The van der Waals surface area contributed by atoms with Crippen molar-refractivity contribution in [1.82, 2.24) is 5.32 Å². The maximum atomic E-state index is 11.2. The van der Waals surface area contributed by atoms with Gasteiger partial charge >= 0.3 is 5.97 Å². The molecule has 0 aromatic heterocycles. The molecule has 2 N–H and O–H groups in total. The Labute approximate surface area is 121 Å². The summed E-state index contributed by atoms with van der Waals surface area (Å²) in [5.41, 5.74) is 1.97. The van der Waals surface area contributed by atoms with Crippen molar-refractivity contribution < 1.29 is 14.6 Å². The zero-order valence-electron chi connectivity index (χ0n) is 12.8. The summed E-state index contributed by atoms with van der Waals surface area (Å²) in [6.07, 6.45) is 0.516. The van der Waals surface area contributed by atoms with Crippen molar-refractivity contribution >= 4 is 5.97 Å². The van der Waals surface area contributed by atoms with E-state index in [1.54, 1.807) is 0 Å². The van der Waals surface area contributed by atoms with Crippen molar-refractivity contribution in [2.75, 3.05) is 0 Å². The summed E-state index contributed by atoms with van der Waals surface area (Å²) >= 11 is 0. The zero-order chi connectivity index (χ0) is 15.1. The number of ether oxygens (including phenoxy) is 1. The van der Waals surface area contributed by atoms with Crippen LogP contribution in [0.15, 0.2) is 18.2 Å². The first-order valence-electron chi connectivity index (χ1n) is 7.17. The maximum Gasteiger partial charge on any atom is 0.344 e. The Morgan fingerprint density at radius 2 is 2.10 bits per heavy atom. The van der Waals surface area contributed by atoms with Crippen LogP contribution in [0.4, 0.5) is 0 Å². The largest absolute Gasteiger partial charge is 0.479 e. The number of hydrogen-bond acceptors (Lipinski definition) is 3. The number of carbonyl (C=O) groups is 1. The van der Waals surface area contributed by atoms with Gasteiger partial charge < -0.3 is 15.2 Å². The highest BCUT2D eigenvalue weighted by molar-refractivity contribution is 5.72. The summed E-state index contributed by atoms with van der Waals surface area (Å²) in [6.45, 7) is 8.73. The average molecular weight is 279 g/mol. The van der Waals surface area contributed by atoms with Gasteiger partial charge in [-0.2, -0.15) is 0 Å². The fourth-order valence-electron chi connectivity index (χ4n) is 1.97. The van der Waals surface area contributed by atoms with Gasteiger partial charge in [0, 0.05) is 18.2 Å². The van der Waals surface area contributed by atoms with Crippen molar-refractivity contribution in [3.05, 3.63) is 29.3 Å². The molecule has 20 heavy (non-hydrogen) atoms. The predicted octanol–water partition coefficient (Wildman–Crippen LogP) is 3.13. The Hall–Kier alpha value is -1.55. The van der Waals surface area contributed by atoms with E-state index in [0.717, 1.165) is 17.5 Å². The minimum absolute atomic E-state index is 0.370. The Balaban J connectivity index is 2.93. The third-order valence-electron chi connectivity index (χ3n) is 3.08. The van der Waals surface area contributed by atoms with E-state index >= 15 is 0 Å². The molecule has 4 heteroatoms. The first-order chi connectivity index (χ1) is 9.45. The minimum atomic E-state index is -0.905. The van der Waals surface area contributed by atoms with Crippen LogP contribution in [-0.4, -0.2) is 23.2 Å². The molecule has 1 unspecified atom stereocenters. The highest BCUT2D eigenvalue weighted by Gasteiger charge is 2.20. The molecule has 0 saturated carbocycles. The van der Waals surface area contributed by atoms with E-state index in [1.165, 1.54) is 0 Å². The summed E-state index contributed by atoms with van der Waals surface area (Å²) in [5, 5.41) is 12.6. The first kappa shape index (κ1) is 16.5.